The highest BCUT2D eigenvalue weighted by Crippen LogP contribution is 2.30. The van der Waals surface area contributed by atoms with Gasteiger partial charge in [0.25, 0.3) is 0 Å². The van der Waals surface area contributed by atoms with Gasteiger partial charge in [-0.1, -0.05) is 0 Å². The molecule has 82 valence electrons. The zero-order valence-electron chi connectivity index (χ0n) is 7.65. The SMILES string of the molecule is O=C(O)C1CCC(CS(=O)(=O)Cl)CC1. The van der Waals surface area contributed by atoms with Crippen LogP contribution in [0.5, 0.6) is 0 Å². The van der Waals surface area contributed by atoms with Gasteiger partial charge in [0.15, 0.2) is 0 Å². The van der Waals surface area contributed by atoms with E-state index >= 15 is 0 Å². The second-order valence-corrected chi connectivity index (χ2v) is 6.58. The summed E-state index contributed by atoms with van der Waals surface area (Å²) in [5.74, 6) is -1.07. The summed E-state index contributed by atoms with van der Waals surface area (Å²) in [4.78, 5) is 10.6. The smallest absolute Gasteiger partial charge is 0.306 e. The standard InChI is InChI=1S/C8H13ClO4S/c9-14(12,13)5-6-1-3-7(4-2-6)8(10)11/h6-7H,1-5H2,(H,10,11). The topological polar surface area (TPSA) is 71.4 Å². The van der Waals surface area contributed by atoms with E-state index in [0.29, 0.717) is 25.7 Å². The van der Waals surface area contributed by atoms with E-state index in [-0.39, 0.29) is 17.6 Å². The molecule has 0 aliphatic heterocycles. The van der Waals surface area contributed by atoms with E-state index in [1.807, 2.05) is 0 Å². The molecule has 0 atom stereocenters. The molecule has 0 spiro atoms. The fourth-order valence-corrected chi connectivity index (χ4v) is 3.29. The molecule has 14 heavy (non-hydrogen) atoms. The van der Waals surface area contributed by atoms with Gasteiger partial charge in [0.2, 0.25) is 9.05 Å². The lowest BCUT2D eigenvalue weighted by atomic mass is 9.83. The molecule has 1 aliphatic carbocycles. The van der Waals surface area contributed by atoms with Gasteiger partial charge >= 0.3 is 5.97 Å². The first kappa shape index (κ1) is 11.8. The number of hydrogen-bond donors (Lipinski definition) is 1. The van der Waals surface area contributed by atoms with Crippen LogP contribution in [0.3, 0.4) is 0 Å². The van der Waals surface area contributed by atoms with Crippen LogP contribution >= 0.6 is 10.7 Å². The van der Waals surface area contributed by atoms with Crippen LogP contribution in [-0.2, 0) is 13.8 Å². The number of carboxylic acid groups (broad SMARTS) is 1. The van der Waals surface area contributed by atoms with Crippen molar-refractivity contribution in [3.05, 3.63) is 0 Å². The zero-order valence-corrected chi connectivity index (χ0v) is 9.22. The second-order valence-electron chi connectivity index (χ2n) is 3.76. The Bertz CT molecular complexity index is 303. The van der Waals surface area contributed by atoms with Gasteiger partial charge in [0, 0.05) is 10.7 Å². The zero-order chi connectivity index (χ0) is 10.8. The number of carboxylic acids is 1. The number of halogens is 1. The fraction of sp³-hybridized carbons (Fsp3) is 0.875. The molecule has 6 heteroatoms. The molecule has 4 nitrogen and oxygen atoms in total. The Morgan fingerprint density at radius 3 is 2.14 bits per heavy atom. The first-order chi connectivity index (χ1) is 6.38. The van der Waals surface area contributed by atoms with Crippen LogP contribution in [0, 0.1) is 11.8 Å². The lowest BCUT2D eigenvalue weighted by molar-refractivity contribution is -0.143. The van der Waals surface area contributed by atoms with Crippen LogP contribution in [-0.4, -0.2) is 25.2 Å². The first-order valence-electron chi connectivity index (χ1n) is 4.53. The Kier molecular flexibility index (Phi) is 3.78. The summed E-state index contributed by atoms with van der Waals surface area (Å²) in [6, 6.07) is 0. The summed E-state index contributed by atoms with van der Waals surface area (Å²) in [5, 5.41) is 8.71. The van der Waals surface area contributed by atoms with Crippen molar-refractivity contribution in [2.24, 2.45) is 11.8 Å². The summed E-state index contributed by atoms with van der Waals surface area (Å²) in [6.45, 7) is 0. The van der Waals surface area contributed by atoms with Gasteiger partial charge < -0.3 is 5.11 Å². The van der Waals surface area contributed by atoms with E-state index in [1.165, 1.54) is 0 Å². The molecular formula is C8H13ClO4S. The third-order valence-electron chi connectivity index (χ3n) is 2.63. The highest BCUT2D eigenvalue weighted by Gasteiger charge is 2.28. The van der Waals surface area contributed by atoms with Crippen LogP contribution in [0.2, 0.25) is 0 Å². The number of aliphatic carboxylic acids is 1. The van der Waals surface area contributed by atoms with E-state index in [1.54, 1.807) is 0 Å². The summed E-state index contributed by atoms with van der Waals surface area (Å²) >= 11 is 0. The minimum absolute atomic E-state index is 0.0269. The molecule has 1 fully saturated rings. The van der Waals surface area contributed by atoms with Crippen LogP contribution < -0.4 is 0 Å². The van der Waals surface area contributed by atoms with Crippen molar-refractivity contribution < 1.29 is 18.3 Å². The lowest BCUT2D eigenvalue weighted by Crippen LogP contribution is -2.24. The number of carbonyl (C=O) groups is 1. The molecule has 0 aromatic rings. The van der Waals surface area contributed by atoms with Crippen LogP contribution in [0.15, 0.2) is 0 Å². The third-order valence-corrected chi connectivity index (χ3v) is 3.88. The molecule has 1 saturated carbocycles. The van der Waals surface area contributed by atoms with Gasteiger partial charge in [-0.2, -0.15) is 0 Å². The minimum atomic E-state index is -3.44. The van der Waals surface area contributed by atoms with Gasteiger partial charge in [0.1, 0.15) is 0 Å². The molecule has 0 heterocycles. The maximum Gasteiger partial charge on any atom is 0.306 e. The van der Waals surface area contributed by atoms with Crippen LogP contribution in [0.4, 0.5) is 0 Å². The Morgan fingerprint density at radius 2 is 1.79 bits per heavy atom. The van der Waals surface area contributed by atoms with Gasteiger partial charge in [-0.25, -0.2) is 8.42 Å². The second kappa shape index (κ2) is 4.49. The Balaban J connectivity index is 2.40. The molecule has 1 N–H and O–H groups in total. The lowest BCUT2D eigenvalue weighted by Gasteiger charge is -2.24. The predicted molar refractivity (Wildman–Crippen MR) is 52.7 cm³/mol. The quantitative estimate of drug-likeness (QED) is 0.758. The van der Waals surface area contributed by atoms with Crippen LogP contribution in [0.25, 0.3) is 0 Å². The first-order valence-corrected chi connectivity index (χ1v) is 7.01. The van der Waals surface area contributed by atoms with E-state index < -0.39 is 15.0 Å². The molecule has 0 saturated heterocycles. The van der Waals surface area contributed by atoms with E-state index in [0.717, 1.165) is 0 Å². The molecule has 0 amide bonds. The summed E-state index contributed by atoms with van der Waals surface area (Å²) in [6.07, 6.45) is 2.41. The monoisotopic (exact) mass is 240 g/mol. The van der Waals surface area contributed by atoms with Crippen molar-refractivity contribution in [1.82, 2.24) is 0 Å². The van der Waals surface area contributed by atoms with Gasteiger partial charge in [-0.15, -0.1) is 0 Å². The molecule has 0 radical (unpaired) electrons. The van der Waals surface area contributed by atoms with E-state index in [9.17, 15) is 13.2 Å². The number of rotatable bonds is 3. The molecule has 1 rings (SSSR count). The normalized spacial score (nSPS) is 28.6. The van der Waals surface area contributed by atoms with Crippen molar-refractivity contribution in [2.75, 3.05) is 5.75 Å². The van der Waals surface area contributed by atoms with Gasteiger partial charge in [0.05, 0.1) is 11.7 Å². The molecule has 1 aliphatic rings. The van der Waals surface area contributed by atoms with Crippen molar-refractivity contribution in [2.45, 2.75) is 25.7 Å². The maximum absolute atomic E-state index is 10.8. The predicted octanol–water partition coefficient (Wildman–Crippen LogP) is 1.45. The van der Waals surface area contributed by atoms with Crippen molar-refractivity contribution in [3.8, 4) is 0 Å². The summed E-state index contributed by atoms with van der Waals surface area (Å²) in [5.41, 5.74) is 0. The highest BCUT2D eigenvalue weighted by molar-refractivity contribution is 8.13. The van der Waals surface area contributed by atoms with Crippen molar-refractivity contribution in [1.29, 1.82) is 0 Å². The highest BCUT2D eigenvalue weighted by atomic mass is 35.7. The summed E-state index contributed by atoms with van der Waals surface area (Å²) < 4.78 is 21.5. The maximum atomic E-state index is 10.8. The van der Waals surface area contributed by atoms with E-state index in [2.05, 4.69) is 0 Å². The molecule has 0 bridgehead atoms. The average Bonchev–Trinajstić information content (AvgIpc) is 2.02. The molecule has 0 unspecified atom stereocenters. The van der Waals surface area contributed by atoms with Gasteiger partial charge in [-0.05, 0) is 31.6 Å². The Morgan fingerprint density at radius 1 is 1.29 bits per heavy atom. The van der Waals surface area contributed by atoms with E-state index in [4.69, 9.17) is 15.8 Å². The average molecular weight is 241 g/mol. The molecule has 0 aromatic heterocycles. The number of hydrogen-bond acceptors (Lipinski definition) is 3. The fourth-order valence-electron chi connectivity index (χ4n) is 1.86. The molecular weight excluding hydrogens is 228 g/mol. The largest absolute Gasteiger partial charge is 0.481 e. The Labute approximate surface area is 87.7 Å². The van der Waals surface area contributed by atoms with Crippen molar-refractivity contribution in [3.63, 3.8) is 0 Å². The molecule has 0 aromatic carbocycles. The third kappa shape index (κ3) is 3.84. The Hall–Kier alpha value is -0.290. The minimum Gasteiger partial charge on any atom is -0.481 e. The van der Waals surface area contributed by atoms with Crippen molar-refractivity contribution >= 4 is 25.7 Å². The summed E-state index contributed by atoms with van der Waals surface area (Å²) in [7, 11) is 1.68. The van der Waals surface area contributed by atoms with Gasteiger partial charge in [-0.3, -0.25) is 4.79 Å². The van der Waals surface area contributed by atoms with Crippen LogP contribution in [0.1, 0.15) is 25.7 Å².